The minimum atomic E-state index is -1.13. The van der Waals surface area contributed by atoms with E-state index in [0.717, 1.165) is 26.9 Å². The molecule has 1 aromatic heterocycles. The number of nitrogens with zero attached hydrogens (tertiary/aromatic N) is 2. The standard InChI is InChI=1S/C21H20N2O3S/c1-6-25-20(24)21(3,4)26-17-12-11-16-13(2)23-27-19(16)18(17)14-7-9-15(22-5)10-8-14/h7-12H,6H2,1-4H3. The first-order valence-electron chi connectivity index (χ1n) is 8.60. The van der Waals surface area contributed by atoms with Gasteiger partial charge in [-0.15, -0.1) is 0 Å². The molecule has 1 heterocycles. The molecule has 3 aromatic rings. The van der Waals surface area contributed by atoms with E-state index in [2.05, 4.69) is 9.22 Å². The number of fused-ring (bicyclic) bond motifs is 1. The van der Waals surface area contributed by atoms with E-state index in [1.165, 1.54) is 11.5 Å². The number of aryl methyl sites for hydroxylation is 1. The molecule has 0 saturated carbocycles. The van der Waals surface area contributed by atoms with Crippen LogP contribution >= 0.6 is 11.5 Å². The summed E-state index contributed by atoms with van der Waals surface area (Å²) in [5, 5.41) is 1.05. The van der Waals surface area contributed by atoms with Crippen LogP contribution in [0.4, 0.5) is 5.69 Å². The lowest BCUT2D eigenvalue weighted by Gasteiger charge is -2.25. The van der Waals surface area contributed by atoms with Crippen LogP contribution in [0.1, 0.15) is 26.5 Å². The third kappa shape index (κ3) is 3.64. The van der Waals surface area contributed by atoms with Crippen LogP contribution in [-0.2, 0) is 9.53 Å². The van der Waals surface area contributed by atoms with Gasteiger partial charge in [-0.1, -0.05) is 24.3 Å². The van der Waals surface area contributed by atoms with Gasteiger partial charge >= 0.3 is 5.97 Å². The molecule has 5 nitrogen and oxygen atoms in total. The molecular weight excluding hydrogens is 360 g/mol. The minimum absolute atomic E-state index is 0.295. The monoisotopic (exact) mass is 380 g/mol. The molecule has 0 unspecified atom stereocenters. The number of carbonyl (C=O) groups excluding carboxylic acids is 1. The quantitative estimate of drug-likeness (QED) is 0.430. The number of ether oxygens (including phenoxy) is 2. The second-order valence-electron chi connectivity index (χ2n) is 6.57. The maximum absolute atomic E-state index is 12.3. The summed E-state index contributed by atoms with van der Waals surface area (Å²) >= 11 is 1.40. The Kier molecular flexibility index (Phi) is 5.15. The third-order valence-electron chi connectivity index (χ3n) is 4.20. The molecule has 6 heteroatoms. The van der Waals surface area contributed by atoms with E-state index in [0.29, 0.717) is 18.0 Å². The molecule has 0 saturated heterocycles. The highest BCUT2D eigenvalue weighted by Crippen LogP contribution is 2.42. The number of rotatable bonds is 5. The summed E-state index contributed by atoms with van der Waals surface area (Å²) in [6.45, 7) is 14.6. The molecule has 0 spiro atoms. The summed E-state index contributed by atoms with van der Waals surface area (Å²) in [7, 11) is 0. The highest BCUT2D eigenvalue weighted by Gasteiger charge is 2.33. The van der Waals surface area contributed by atoms with E-state index < -0.39 is 11.6 Å². The zero-order valence-electron chi connectivity index (χ0n) is 15.7. The van der Waals surface area contributed by atoms with Gasteiger partial charge in [0.1, 0.15) is 5.75 Å². The fraction of sp³-hybridized carbons (Fsp3) is 0.286. The lowest BCUT2D eigenvalue weighted by molar-refractivity contribution is -0.158. The number of carbonyl (C=O) groups is 1. The van der Waals surface area contributed by atoms with Gasteiger partial charge in [-0.25, -0.2) is 9.64 Å². The predicted octanol–water partition coefficient (Wildman–Crippen LogP) is 5.54. The van der Waals surface area contributed by atoms with E-state index in [1.807, 2.05) is 31.2 Å². The topological polar surface area (TPSA) is 52.8 Å². The maximum Gasteiger partial charge on any atom is 0.349 e. The van der Waals surface area contributed by atoms with E-state index in [1.54, 1.807) is 32.9 Å². The largest absolute Gasteiger partial charge is 0.475 e. The van der Waals surface area contributed by atoms with Crippen LogP contribution in [0, 0.1) is 13.5 Å². The zero-order chi connectivity index (χ0) is 19.6. The van der Waals surface area contributed by atoms with Crippen molar-refractivity contribution in [2.45, 2.75) is 33.3 Å². The average molecular weight is 380 g/mol. The first kappa shape index (κ1) is 18.9. The molecule has 0 atom stereocenters. The highest BCUT2D eigenvalue weighted by molar-refractivity contribution is 7.14. The average Bonchev–Trinajstić information content (AvgIpc) is 3.02. The summed E-state index contributed by atoms with van der Waals surface area (Å²) in [4.78, 5) is 15.7. The van der Waals surface area contributed by atoms with Crippen molar-refractivity contribution in [1.29, 1.82) is 0 Å². The van der Waals surface area contributed by atoms with Crippen molar-refractivity contribution in [3.8, 4) is 16.9 Å². The lowest BCUT2D eigenvalue weighted by atomic mass is 10.0. The molecule has 0 bridgehead atoms. The van der Waals surface area contributed by atoms with Crippen molar-refractivity contribution in [2.75, 3.05) is 6.61 Å². The molecule has 0 aliphatic heterocycles. The summed E-state index contributed by atoms with van der Waals surface area (Å²) < 4.78 is 16.7. The SMILES string of the molecule is [C-]#[N+]c1ccc(-c2c(OC(C)(C)C(=O)OCC)ccc3c(C)nsc23)cc1. The lowest BCUT2D eigenvalue weighted by Crippen LogP contribution is -2.39. The molecule has 138 valence electrons. The fourth-order valence-corrected chi connectivity index (χ4v) is 3.74. The molecule has 27 heavy (non-hydrogen) atoms. The van der Waals surface area contributed by atoms with Crippen molar-refractivity contribution < 1.29 is 14.3 Å². The summed E-state index contributed by atoms with van der Waals surface area (Å²) in [6.07, 6.45) is 0. The van der Waals surface area contributed by atoms with Crippen LogP contribution in [-0.4, -0.2) is 22.6 Å². The van der Waals surface area contributed by atoms with Crippen LogP contribution in [0.2, 0.25) is 0 Å². The number of aromatic nitrogens is 1. The van der Waals surface area contributed by atoms with Gasteiger partial charge in [0.25, 0.3) is 0 Å². The van der Waals surface area contributed by atoms with Crippen LogP contribution in [0.15, 0.2) is 36.4 Å². The Bertz CT molecular complexity index is 1030. The molecule has 2 aromatic carbocycles. The Hall–Kier alpha value is -2.91. The molecule has 0 fully saturated rings. The molecule has 0 aliphatic rings. The van der Waals surface area contributed by atoms with Crippen molar-refractivity contribution >= 4 is 33.3 Å². The van der Waals surface area contributed by atoms with Crippen molar-refractivity contribution in [1.82, 2.24) is 4.37 Å². The van der Waals surface area contributed by atoms with Gasteiger partial charge in [-0.3, -0.25) is 0 Å². The molecular formula is C21H20N2O3S. The second-order valence-corrected chi connectivity index (χ2v) is 7.35. The van der Waals surface area contributed by atoms with E-state index in [9.17, 15) is 4.79 Å². The van der Waals surface area contributed by atoms with Gasteiger partial charge in [-0.05, 0) is 56.9 Å². The normalized spacial score (nSPS) is 11.2. The summed E-state index contributed by atoms with van der Waals surface area (Å²) in [5.74, 6) is 0.166. The highest BCUT2D eigenvalue weighted by atomic mass is 32.1. The predicted molar refractivity (Wildman–Crippen MR) is 107 cm³/mol. The summed E-state index contributed by atoms with van der Waals surface area (Å²) in [5.41, 5.74) is 2.17. The van der Waals surface area contributed by atoms with Crippen molar-refractivity contribution in [3.63, 3.8) is 0 Å². The van der Waals surface area contributed by atoms with Crippen LogP contribution in [0.5, 0.6) is 5.75 Å². The Morgan fingerprint density at radius 1 is 1.22 bits per heavy atom. The maximum atomic E-state index is 12.3. The van der Waals surface area contributed by atoms with Gasteiger partial charge in [0.05, 0.1) is 23.6 Å². The van der Waals surface area contributed by atoms with E-state index >= 15 is 0 Å². The second kappa shape index (κ2) is 7.37. The van der Waals surface area contributed by atoms with Gasteiger partial charge in [0.15, 0.2) is 11.3 Å². The van der Waals surface area contributed by atoms with Crippen molar-refractivity contribution in [3.05, 3.63) is 53.5 Å². The smallest absolute Gasteiger partial charge is 0.349 e. The zero-order valence-corrected chi connectivity index (χ0v) is 16.5. The van der Waals surface area contributed by atoms with Crippen LogP contribution in [0.25, 0.3) is 26.1 Å². The van der Waals surface area contributed by atoms with Gasteiger partial charge in [0.2, 0.25) is 0 Å². The van der Waals surface area contributed by atoms with Gasteiger partial charge < -0.3 is 9.47 Å². The number of esters is 1. The molecule has 0 radical (unpaired) electrons. The fourth-order valence-electron chi connectivity index (χ4n) is 2.79. The number of benzene rings is 2. The number of hydrogen-bond donors (Lipinski definition) is 0. The first-order valence-corrected chi connectivity index (χ1v) is 9.38. The van der Waals surface area contributed by atoms with E-state index in [-0.39, 0.29) is 0 Å². The molecule has 0 N–H and O–H groups in total. The minimum Gasteiger partial charge on any atom is -0.475 e. The van der Waals surface area contributed by atoms with Crippen molar-refractivity contribution in [2.24, 2.45) is 0 Å². The van der Waals surface area contributed by atoms with Gasteiger partial charge in [-0.2, -0.15) is 4.37 Å². The van der Waals surface area contributed by atoms with Crippen LogP contribution in [0.3, 0.4) is 0 Å². The van der Waals surface area contributed by atoms with Gasteiger partial charge in [0, 0.05) is 10.9 Å². The summed E-state index contributed by atoms with van der Waals surface area (Å²) in [6, 6.07) is 11.2. The Labute approximate surface area is 162 Å². The van der Waals surface area contributed by atoms with Crippen LogP contribution < -0.4 is 4.74 Å². The molecule has 0 aliphatic carbocycles. The number of hydrogen-bond acceptors (Lipinski definition) is 5. The van der Waals surface area contributed by atoms with E-state index in [4.69, 9.17) is 16.0 Å². The molecule has 0 amide bonds. The molecule has 3 rings (SSSR count). The first-order chi connectivity index (χ1) is 12.9. The Morgan fingerprint density at radius 3 is 2.56 bits per heavy atom. The Morgan fingerprint density at radius 2 is 1.93 bits per heavy atom. The third-order valence-corrected chi connectivity index (χ3v) is 5.17. The Balaban J connectivity index is 2.15.